The van der Waals surface area contributed by atoms with E-state index in [1.807, 2.05) is 6.92 Å². The number of aryl methyl sites for hydroxylation is 1. The van der Waals surface area contributed by atoms with Crippen molar-refractivity contribution >= 4 is 0 Å². The summed E-state index contributed by atoms with van der Waals surface area (Å²) in [7, 11) is 0. The minimum absolute atomic E-state index is 0.0713. The summed E-state index contributed by atoms with van der Waals surface area (Å²) in [6.45, 7) is 3.91. The van der Waals surface area contributed by atoms with Gasteiger partial charge in [-0.2, -0.15) is 0 Å². The Morgan fingerprint density at radius 3 is 2.50 bits per heavy atom. The van der Waals surface area contributed by atoms with Crippen LogP contribution in [0.25, 0.3) is 0 Å². The number of nitrogens with one attached hydrogen (secondary N) is 1. The van der Waals surface area contributed by atoms with Crippen molar-refractivity contribution in [3.05, 3.63) is 47.7 Å². The standard InChI is InChI=1S/C16H21N3O/c1-11(16-19-18-12(2)20-16)17-15(14-9-6-10-14)13-7-4-3-5-8-13/h3-5,7-8,11,14-15,17H,6,9-10H2,1-2H3/t11-,15-/m1/s1. The van der Waals surface area contributed by atoms with E-state index < -0.39 is 0 Å². The quantitative estimate of drug-likeness (QED) is 0.903. The molecule has 0 unspecified atom stereocenters. The Hall–Kier alpha value is -1.68. The Bertz CT molecular complexity index is 548. The van der Waals surface area contributed by atoms with Crippen LogP contribution in [0.2, 0.25) is 0 Å². The summed E-state index contributed by atoms with van der Waals surface area (Å²) in [5.41, 5.74) is 1.35. The second kappa shape index (κ2) is 5.75. The summed E-state index contributed by atoms with van der Waals surface area (Å²) in [5.74, 6) is 2.00. The Morgan fingerprint density at radius 1 is 1.20 bits per heavy atom. The normalized spacial score (nSPS) is 18.5. The predicted octanol–water partition coefficient (Wildman–Crippen LogP) is 3.57. The van der Waals surface area contributed by atoms with Gasteiger partial charge in [0.15, 0.2) is 0 Å². The van der Waals surface area contributed by atoms with Crippen molar-refractivity contribution in [2.75, 3.05) is 0 Å². The van der Waals surface area contributed by atoms with Gasteiger partial charge in [0.25, 0.3) is 0 Å². The minimum atomic E-state index is 0.0713. The maximum absolute atomic E-state index is 5.53. The van der Waals surface area contributed by atoms with E-state index >= 15 is 0 Å². The van der Waals surface area contributed by atoms with Crippen molar-refractivity contribution in [1.82, 2.24) is 15.5 Å². The molecular formula is C16H21N3O. The van der Waals surface area contributed by atoms with Crippen LogP contribution >= 0.6 is 0 Å². The van der Waals surface area contributed by atoms with Crippen LogP contribution in [0.15, 0.2) is 34.7 Å². The zero-order chi connectivity index (χ0) is 13.9. The highest BCUT2D eigenvalue weighted by atomic mass is 16.4. The molecule has 1 fully saturated rings. The second-order valence-electron chi connectivity index (χ2n) is 5.63. The lowest BCUT2D eigenvalue weighted by Crippen LogP contribution is -2.34. The second-order valence-corrected chi connectivity index (χ2v) is 5.63. The van der Waals surface area contributed by atoms with Crippen molar-refractivity contribution in [3.8, 4) is 0 Å². The largest absolute Gasteiger partial charge is 0.424 e. The van der Waals surface area contributed by atoms with Crippen LogP contribution in [-0.2, 0) is 0 Å². The third kappa shape index (κ3) is 2.75. The molecule has 1 aromatic carbocycles. The molecule has 1 N–H and O–H groups in total. The monoisotopic (exact) mass is 271 g/mol. The number of rotatable bonds is 5. The SMILES string of the molecule is Cc1nnc([C@@H](C)N[C@H](c2ccccc2)C2CCC2)o1. The first-order valence-corrected chi connectivity index (χ1v) is 7.35. The van der Waals surface area contributed by atoms with Crippen molar-refractivity contribution in [3.63, 3.8) is 0 Å². The minimum Gasteiger partial charge on any atom is -0.424 e. The Morgan fingerprint density at radius 2 is 1.95 bits per heavy atom. The summed E-state index contributed by atoms with van der Waals surface area (Å²) < 4.78 is 5.53. The zero-order valence-corrected chi connectivity index (χ0v) is 12.0. The molecule has 0 radical (unpaired) electrons. The first-order valence-electron chi connectivity index (χ1n) is 7.35. The van der Waals surface area contributed by atoms with Crippen LogP contribution in [0.4, 0.5) is 0 Å². The van der Waals surface area contributed by atoms with Gasteiger partial charge in [0.05, 0.1) is 6.04 Å². The highest BCUT2D eigenvalue weighted by Gasteiger charge is 2.30. The molecule has 0 saturated heterocycles. The highest BCUT2D eigenvalue weighted by Crippen LogP contribution is 2.38. The van der Waals surface area contributed by atoms with E-state index in [1.54, 1.807) is 0 Å². The van der Waals surface area contributed by atoms with Gasteiger partial charge in [0.2, 0.25) is 11.8 Å². The molecule has 20 heavy (non-hydrogen) atoms. The lowest BCUT2D eigenvalue weighted by molar-refractivity contribution is 0.211. The molecule has 0 spiro atoms. The maximum atomic E-state index is 5.53. The molecular weight excluding hydrogens is 250 g/mol. The molecule has 1 aromatic heterocycles. The Labute approximate surface area is 119 Å². The van der Waals surface area contributed by atoms with Gasteiger partial charge in [0, 0.05) is 13.0 Å². The van der Waals surface area contributed by atoms with Crippen molar-refractivity contribution < 1.29 is 4.42 Å². The fourth-order valence-corrected chi connectivity index (χ4v) is 2.77. The van der Waals surface area contributed by atoms with Gasteiger partial charge >= 0.3 is 0 Å². The summed E-state index contributed by atoms with van der Waals surface area (Å²) in [5, 5.41) is 11.7. The third-order valence-electron chi connectivity index (χ3n) is 4.12. The number of nitrogens with zero attached hydrogens (tertiary/aromatic N) is 2. The van der Waals surface area contributed by atoms with E-state index in [1.165, 1.54) is 24.8 Å². The lowest BCUT2D eigenvalue weighted by atomic mass is 9.77. The van der Waals surface area contributed by atoms with Crippen LogP contribution in [0.3, 0.4) is 0 Å². The van der Waals surface area contributed by atoms with E-state index in [2.05, 4.69) is 52.8 Å². The van der Waals surface area contributed by atoms with Crippen LogP contribution in [0.1, 0.15) is 55.6 Å². The number of hydrogen-bond donors (Lipinski definition) is 1. The molecule has 4 nitrogen and oxygen atoms in total. The van der Waals surface area contributed by atoms with Crippen molar-refractivity contribution in [1.29, 1.82) is 0 Å². The van der Waals surface area contributed by atoms with Crippen molar-refractivity contribution in [2.45, 2.75) is 45.2 Å². The molecule has 0 aliphatic heterocycles. The van der Waals surface area contributed by atoms with Crippen LogP contribution in [-0.4, -0.2) is 10.2 Å². The molecule has 106 valence electrons. The smallest absolute Gasteiger partial charge is 0.233 e. The van der Waals surface area contributed by atoms with E-state index in [0.29, 0.717) is 23.7 Å². The first-order chi connectivity index (χ1) is 9.74. The fourth-order valence-electron chi connectivity index (χ4n) is 2.77. The molecule has 4 heteroatoms. The highest BCUT2D eigenvalue weighted by molar-refractivity contribution is 5.20. The molecule has 0 amide bonds. The van der Waals surface area contributed by atoms with Crippen LogP contribution < -0.4 is 5.32 Å². The van der Waals surface area contributed by atoms with Gasteiger partial charge < -0.3 is 4.42 Å². The van der Waals surface area contributed by atoms with Gasteiger partial charge in [-0.15, -0.1) is 10.2 Å². The molecule has 2 aromatic rings. The number of aromatic nitrogens is 2. The lowest BCUT2D eigenvalue weighted by Gasteiger charge is -2.36. The zero-order valence-electron chi connectivity index (χ0n) is 12.0. The average molecular weight is 271 g/mol. The molecule has 1 aliphatic carbocycles. The van der Waals surface area contributed by atoms with Gasteiger partial charge in [-0.3, -0.25) is 5.32 Å². The maximum Gasteiger partial charge on any atom is 0.233 e. The van der Waals surface area contributed by atoms with Gasteiger partial charge in [-0.1, -0.05) is 36.8 Å². The summed E-state index contributed by atoms with van der Waals surface area (Å²) in [6.07, 6.45) is 3.92. The summed E-state index contributed by atoms with van der Waals surface area (Å²) >= 11 is 0. The third-order valence-corrected chi connectivity index (χ3v) is 4.12. The molecule has 1 saturated carbocycles. The van der Waals surface area contributed by atoms with Crippen LogP contribution in [0.5, 0.6) is 0 Å². The molecule has 0 bridgehead atoms. The van der Waals surface area contributed by atoms with Crippen LogP contribution in [0, 0.1) is 12.8 Å². The average Bonchev–Trinajstić information content (AvgIpc) is 2.84. The molecule has 3 rings (SSSR count). The van der Waals surface area contributed by atoms with Gasteiger partial charge in [0.1, 0.15) is 0 Å². The number of hydrogen-bond acceptors (Lipinski definition) is 4. The van der Waals surface area contributed by atoms with E-state index in [-0.39, 0.29) is 6.04 Å². The Balaban J connectivity index is 1.76. The van der Waals surface area contributed by atoms with E-state index in [0.717, 1.165) is 0 Å². The fraction of sp³-hybridized carbons (Fsp3) is 0.500. The first kappa shape index (κ1) is 13.3. The van der Waals surface area contributed by atoms with E-state index in [4.69, 9.17) is 4.42 Å². The Kier molecular flexibility index (Phi) is 3.83. The topological polar surface area (TPSA) is 51.0 Å². The van der Waals surface area contributed by atoms with Gasteiger partial charge in [-0.25, -0.2) is 0 Å². The number of benzene rings is 1. The molecule has 2 atom stereocenters. The van der Waals surface area contributed by atoms with Gasteiger partial charge in [-0.05, 0) is 31.2 Å². The molecule has 1 heterocycles. The predicted molar refractivity (Wildman–Crippen MR) is 77.1 cm³/mol. The van der Waals surface area contributed by atoms with Crippen molar-refractivity contribution in [2.24, 2.45) is 5.92 Å². The molecule has 1 aliphatic rings. The van der Waals surface area contributed by atoms with E-state index in [9.17, 15) is 0 Å². The summed E-state index contributed by atoms with van der Waals surface area (Å²) in [6, 6.07) is 11.1. The summed E-state index contributed by atoms with van der Waals surface area (Å²) in [4.78, 5) is 0.